The van der Waals surface area contributed by atoms with Crippen LogP contribution in [-0.4, -0.2) is 6.54 Å². The first-order valence-corrected chi connectivity index (χ1v) is 9.42. The molecule has 0 bridgehead atoms. The van der Waals surface area contributed by atoms with E-state index in [0.717, 1.165) is 13.0 Å². The molecule has 0 unspecified atom stereocenters. The third-order valence-corrected chi connectivity index (χ3v) is 3.90. The molecule has 0 aliphatic heterocycles. The minimum atomic E-state index is 0.852. The topological polar surface area (TPSA) is 26.0 Å². The van der Waals surface area contributed by atoms with E-state index in [9.17, 15) is 0 Å². The van der Waals surface area contributed by atoms with Gasteiger partial charge >= 0.3 is 0 Å². The molecule has 124 valence electrons. The number of hydrogen-bond donors (Lipinski definition) is 1. The van der Waals surface area contributed by atoms with Gasteiger partial charge in [-0.15, -0.1) is 0 Å². The summed E-state index contributed by atoms with van der Waals surface area (Å²) < 4.78 is 0. The van der Waals surface area contributed by atoms with Gasteiger partial charge in [-0.05, 0) is 45.1 Å². The van der Waals surface area contributed by atoms with E-state index in [-0.39, 0.29) is 0 Å². The fourth-order valence-corrected chi connectivity index (χ4v) is 2.49. The largest absolute Gasteiger partial charge is 0.330 e. The fourth-order valence-electron chi connectivity index (χ4n) is 2.49. The van der Waals surface area contributed by atoms with E-state index in [1.807, 2.05) is 0 Å². The van der Waals surface area contributed by atoms with E-state index >= 15 is 0 Å². The highest BCUT2D eigenvalue weighted by Gasteiger charge is 1.88. The molecule has 1 heteroatoms. The number of nitrogens with two attached hydrogens (primary N) is 1. The van der Waals surface area contributed by atoms with Gasteiger partial charge in [-0.1, -0.05) is 82.6 Å². The van der Waals surface area contributed by atoms with Crippen LogP contribution in [0.25, 0.3) is 0 Å². The van der Waals surface area contributed by atoms with Gasteiger partial charge in [0.1, 0.15) is 0 Å². The number of rotatable bonds is 16. The summed E-state index contributed by atoms with van der Waals surface area (Å²) in [6.45, 7) is 3.13. The van der Waals surface area contributed by atoms with Gasteiger partial charge in [0.25, 0.3) is 0 Å². The summed E-state index contributed by atoms with van der Waals surface area (Å²) in [6.07, 6.45) is 27.9. The van der Waals surface area contributed by atoms with E-state index in [1.54, 1.807) is 0 Å². The molecule has 21 heavy (non-hydrogen) atoms. The molecule has 0 aromatic heterocycles. The Labute approximate surface area is 134 Å². The number of hydrogen-bond acceptors (Lipinski definition) is 1. The Kier molecular flexibility index (Phi) is 18.9. The fraction of sp³-hybridized carbons (Fsp3) is 0.800. The normalized spacial score (nSPS) is 11.9. The predicted molar refractivity (Wildman–Crippen MR) is 97.6 cm³/mol. The molecule has 0 heterocycles. The lowest BCUT2D eigenvalue weighted by molar-refractivity contribution is 0.611. The van der Waals surface area contributed by atoms with Crippen molar-refractivity contribution in [1.29, 1.82) is 0 Å². The second kappa shape index (κ2) is 19.4. The van der Waals surface area contributed by atoms with Gasteiger partial charge in [-0.2, -0.15) is 0 Å². The van der Waals surface area contributed by atoms with Gasteiger partial charge in [0, 0.05) is 0 Å². The highest BCUT2D eigenvalue weighted by molar-refractivity contribution is 4.92. The van der Waals surface area contributed by atoms with Crippen LogP contribution in [-0.2, 0) is 0 Å². The van der Waals surface area contributed by atoms with Crippen molar-refractivity contribution in [1.82, 2.24) is 0 Å². The van der Waals surface area contributed by atoms with Crippen LogP contribution in [0, 0.1) is 0 Å². The summed E-state index contributed by atoms with van der Waals surface area (Å²) in [7, 11) is 0. The Hall–Kier alpha value is -0.560. The zero-order valence-corrected chi connectivity index (χ0v) is 14.5. The molecular formula is C20H39N. The van der Waals surface area contributed by atoms with Crippen molar-refractivity contribution in [3.8, 4) is 0 Å². The Bertz CT molecular complexity index is 206. The summed E-state index contributed by atoms with van der Waals surface area (Å²) in [4.78, 5) is 0. The number of allylic oxidation sites excluding steroid dienone is 4. The summed E-state index contributed by atoms with van der Waals surface area (Å²) in [6, 6.07) is 0. The third kappa shape index (κ3) is 19.4. The molecule has 0 saturated carbocycles. The van der Waals surface area contributed by atoms with Crippen molar-refractivity contribution in [2.24, 2.45) is 5.73 Å². The van der Waals surface area contributed by atoms with Gasteiger partial charge in [0.05, 0.1) is 0 Å². The molecular weight excluding hydrogens is 254 g/mol. The maximum Gasteiger partial charge on any atom is -0.00773 e. The van der Waals surface area contributed by atoms with Crippen LogP contribution in [0.15, 0.2) is 24.3 Å². The van der Waals surface area contributed by atoms with E-state index in [0.29, 0.717) is 0 Å². The van der Waals surface area contributed by atoms with E-state index in [1.165, 1.54) is 83.5 Å². The minimum Gasteiger partial charge on any atom is -0.330 e. The quantitative estimate of drug-likeness (QED) is 0.254. The molecule has 0 saturated heterocycles. The molecule has 2 N–H and O–H groups in total. The highest BCUT2D eigenvalue weighted by Crippen LogP contribution is 2.08. The van der Waals surface area contributed by atoms with Crippen molar-refractivity contribution in [3.63, 3.8) is 0 Å². The smallest absolute Gasteiger partial charge is 0.00773 e. The van der Waals surface area contributed by atoms with Crippen LogP contribution < -0.4 is 5.73 Å². The van der Waals surface area contributed by atoms with E-state index in [2.05, 4.69) is 31.2 Å². The van der Waals surface area contributed by atoms with Gasteiger partial charge in [0.2, 0.25) is 0 Å². The monoisotopic (exact) mass is 293 g/mol. The molecule has 0 fully saturated rings. The lowest BCUT2D eigenvalue weighted by Crippen LogP contribution is -1.97. The number of unbranched alkanes of at least 4 members (excludes halogenated alkanes) is 11. The maximum atomic E-state index is 5.48. The third-order valence-electron chi connectivity index (χ3n) is 3.90. The molecule has 0 radical (unpaired) electrons. The molecule has 0 aromatic rings. The summed E-state index contributed by atoms with van der Waals surface area (Å²) in [5.41, 5.74) is 5.48. The summed E-state index contributed by atoms with van der Waals surface area (Å²) >= 11 is 0. The highest BCUT2D eigenvalue weighted by atomic mass is 14.5. The molecule has 0 spiro atoms. The van der Waals surface area contributed by atoms with Gasteiger partial charge in [-0.3, -0.25) is 0 Å². The Morgan fingerprint density at radius 3 is 1.57 bits per heavy atom. The van der Waals surface area contributed by atoms with Crippen molar-refractivity contribution < 1.29 is 0 Å². The van der Waals surface area contributed by atoms with Crippen molar-refractivity contribution in [3.05, 3.63) is 24.3 Å². The Morgan fingerprint density at radius 2 is 1.05 bits per heavy atom. The zero-order valence-electron chi connectivity index (χ0n) is 14.5. The minimum absolute atomic E-state index is 0.852. The van der Waals surface area contributed by atoms with Gasteiger partial charge < -0.3 is 5.73 Å². The first-order valence-electron chi connectivity index (χ1n) is 9.42. The van der Waals surface area contributed by atoms with Gasteiger partial charge in [-0.25, -0.2) is 0 Å². The van der Waals surface area contributed by atoms with E-state index < -0.39 is 0 Å². The molecule has 0 aliphatic carbocycles. The van der Waals surface area contributed by atoms with Crippen LogP contribution in [0.4, 0.5) is 0 Å². The summed E-state index contributed by atoms with van der Waals surface area (Å²) in [5.74, 6) is 0. The second-order valence-electron chi connectivity index (χ2n) is 6.08. The lowest BCUT2D eigenvalue weighted by atomic mass is 10.1. The average Bonchev–Trinajstić information content (AvgIpc) is 2.50. The summed E-state index contributed by atoms with van der Waals surface area (Å²) in [5, 5.41) is 0. The predicted octanol–water partition coefficient (Wildman–Crippen LogP) is 6.54. The molecule has 1 nitrogen and oxygen atoms in total. The standard InChI is InChI=1S/C20H39N/c1-2-3-4-5-6-7-8-9-10-11-12-13-14-15-16-17-18-19-20-21/h9-10,12-13H,2-8,11,14-21H2,1H3. The van der Waals surface area contributed by atoms with Crippen molar-refractivity contribution in [2.45, 2.75) is 96.8 Å². The van der Waals surface area contributed by atoms with Crippen LogP contribution in [0.2, 0.25) is 0 Å². The molecule has 0 amide bonds. The second-order valence-corrected chi connectivity index (χ2v) is 6.08. The molecule has 0 aliphatic rings. The van der Waals surface area contributed by atoms with E-state index in [4.69, 9.17) is 5.73 Å². The first kappa shape index (κ1) is 20.4. The average molecular weight is 294 g/mol. The van der Waals surface area contributed by atoms with Crippen LogP contribution >= 0.6 is 0 Å². The maximum absolute atomic E-state index is 5.48. The Balaban J connectivity index is 3.14. The van der Waals surface area contributed by atoms with Crippen LogP contribution in [0.1, 0.15) is 96.8 Å². The first-order chi connectivity index (χ1) is 10.4. The lowest BCUT2D eigenvalue weighted by Gasteiger charge is -1.97. The van der Waals surface area contributed by atoms with Crippen LogP contribution in [0.3, 0.4) is 0 Å². The Morgan fingerprint density at radius 1 is 0.571 bits per heavy atom. The molecule has 0 aromatic carbocycles. The van der Waals surface area contributed by atoms with Crippen molar-refractivity contribution >= 4 is 0 Å². The zero-order chi connectivity index (χ0) is 15.4. The molecule has 0 rings (SSSR count). The SMILES string of the molecule is CCCCCCCCC=CCC=CCCCCCCCN. The molecule has 0 atom stereocenters. The van der Waals surface area contributed by atoms with Gasteiger partial charge in [0.15, 0.2) is 0 Å². The van der Waals surface area contributed by atoms with Crippen LogP contribution in [0.5, 0.6) is 0 Å². The van der Waals surface area contributed by atoms with Crippen molar-refractivity contribution in [2.75, 3.05) is 6.54 Å².